The molecule has 0 amide bonds. The maximum atomic E-state index is 12.3. The minimum absolute atomic E-state index is 0.0490. The number of fused-ring (bicyclic) bond motifs is 1. The van der Waals surface area contributed by atoms with Gasteiger partial charge in [-0.3, -0.25) is 4.79 Å². The first-order chi connectivity index (χ1) is 6.68. The molecule has 1 aromatic carbocycles. The largest absolute Gasteiger partial charge is 0.492 e. The average Bonchev–Trinajstić information content (AvgIpc) is 2.17. The average molecular weight is 198 g/mol. The van der Waals surface area contributed by atoms with E-state index in [-0.39, 0.29) is 23.7 Å². The molecule has 1 aromatic rings. The van der Waals surface area contributed by atoms with Crippen LogP contribution >= 0.6 is 0 Å². The van der Waals surface area contributed by atoms with Crippen molar-refractivity contribution in [3.63, 3.8) is 0 Å². The van der Waals surface area contributed by atoms with E-state index in [2.05, 4.69) is 0 Å². The molecule has 0 spiro atoms. The summed E-state index contributed by atoms with van der Waals surface area (Å²) < 4.78 is 29.7. The molecular formula is C10H8F2O2. The van der Waals surface area contributed by atoms with Crippen molar-refractivity contribution in [1.82, 2.24) is 0 Å². The first kappa shape index (κ1) is 9.12. The van der Waals surface area contributed by atoms with E-state index in [9.17, 15) is 13.6 Å². The van der Waals surface area contributed by atoms with Gasteiger partial charge < -0.3 is 4.74 Å². The number of carbonyl (C=O) groups excluding carboxylic acids is 1. The predicted molar refractivity (Wildman–Crippen MR) is 45.8 cm³/mol. The molecular weight excluding hydrogens is 190 g/mol. The summed E-state index contributed by atoms with van der Waals surface area (Å²) in [4.78, 5) is 11.3. The van der Waals surface area contributed by atoms with Crippen LogP contribution in [0.15, 0.2) is 18.2 Å². The Hall–Kier alpha value is -1.45. The van der Waals surface area contributed by atoms with Crippen molar-refractivity contribution in [3.05, 3.63) is 29.3 Å². The summed E-state index contributed by atoms with van der Waals surface area (Å²) in [5.41, 5.74) is 0.291. The predicted octanol–water partition coefficient (Wildman–Crippen LogP) is 2.59. The van der Waals surface area contributed by atoms with Gasteiger partial charge in [-0.15, -0.1) is 0 Å². The van der Waals surface area contributed by atoms with Crippen LogP contribution in [0.5, 0.6) is 5.75 Å². The van der Waals surface area contributed by atoms with E-state index in [1.54, 1.807) is 0 Å². The number of alkyl halides is 2. The first-order valence-corrected chi connectivity index (χ1v) is 4.26. The van der Waals surface area contributed by atoms with Crippen molar-refractivity contribution < 1.29 is 18.3 Å². The molecule has 0 bridgehead atoms. The zero-order chi connectivity index (χ0) is 10.1. The third-order valence-corrected chi connectivity index (χ3v) is 2.14. The molecule has 0 aromatic heterocycles. The van der Waals surface area contributed by atoms with Gasteiger partial charge in [-0.25, -0.2) is 8.78 Å². The van der Waals surface area contributed by atoms with Crippen LogP contribution < -0.4 is 4.74 Å². The molecule has 1 heterocycles. The molecule has 0 radical (unpaired) electrons. The lowest BCUT2D eigenvalue weighted by molar-refractivity contribution is 0.0931. The van der Waals surface area contributed by atoms with Crippen LogP contribution in [0.3, 0.4) is 0 Å². The van der Waals surface area contributed by atoms with E-state index in [0.717, 1.165) is 0 Å². The van der Waals surface area contributed by atoms with E-state index in [1.165, 1.54) is 18.2 Å². The van der Waals surface area contributed by atoms with Crippen LogP contribution in [0.1, 0.15) is 28.8 Å². The fourth-order valence-electron chi connectivity index (χ4n) is 1.41. The van der Waals surface area contributed by atoms with Crippen molar-refractivity contribution >= 4 is 5.78 Å². The molecule has 2 nitrogen and oxygen atoms in total. The Balaban J connectivity index is 2.44. The molecule has 0 aliphatic carbocycles. The summed E-state index contributed by atoms with van der Waals surface area (Å²) >= 11 is 0. The molecule has 74 valence electrons. The molecule has 1 aliphatic rings. The Bertz CT molecular complexity index is 374. The van der Waals surface area contributed by atoms with Gasteiger partial charge in [-0.05, 0) is 12.1 Å². The fraction of sp³-hybridized carbons (Fsp3) is 0.300. The van der Waals surface area contributed by atoms with Gasteiger partial charge in [0.15, 0.2) is 5.78 Å². The van der Waals surface area contributed by atoms with Crippen LogP contribution in [-0.2, 0) is 0 Å². The molecule has 4 heteroatoms. The monoisotopic (exact) mass is 198 g/mol. The molecule has 1 aliphatic heterocycles. The van der Waals surface area contributed by atoms with Gasteiger partial charge in [-0.1, -0.05) is 6.07 Å². The second kappa shape index (κ2) is 3.36. The molecule has 0 saturated heterocycles. The lowest BCUT2D eigenvalue weighted by Crippen LogP contribution is -2.15. The lowest BCUT2D eigenvalue weighted by Gasteiger charge is -2.16. The third-order valence-electron chi connectivity index (χ3n) is 2.14. The Labute approximate surface area is 79.5 Å². The van der Waals surface area contributed by atoms with Gasteiger partial charge >= 0.3 is 0 Å². The van der Waals surface area contributed by atoms with Gasteiger partial charge in [0.2, 0.25) is 0 Å². The third kappa shape index (κ3) is 1.47. The van der Waals surface area contributed by atoms with Gasteiger partial charge in [-0.2, -0.15) is 0 Å². The Morgan fingerprint density at radius 3 is 2.86 bits per heavy atom. The van der Waals surface area contributed by atoms with Crippen molar-refractivity contribution in [2.24, 2.45) is 0 Å². The normalized spacial score (nSPS) is 15.2. The Morgan fingerprint density at radius 1 is 1.36 bits per heavy atom. The number of hydrogen-bond donors (Lipinski definition) is 0. The SMILES string of the molecule is O=C1CCOc2cc(C(F)F)ccc21. The van der Waals surface area contributed by atoms with Crippen molar-refractivity contribution in [2.45, 2.75) is 12.8 Å². The number of ketones is 1. The van der Waals surface area contributed by atoms with E-state index in [0.29, 0.717) is 12.0 Å². The fourth-order valence-corrected chi connectivity index (χ4v) is 1.41. The highest BCUT2D eigenvalue weighted by Gasteiger charge is 2.20. The zero-order valence-corrected chi connectivity index (χ0v) is 7.30. The number of carbonyl (C=O) groups is 1. The number of benzene rings is 1. The van der Waals surface area contributed by atoms with E-state index in [1.807, 2.05) is 0 Å². The van der Waals surface area contributed by atoms with Crippen LogP contribution in [0, 0.1) is 0 Å². The summed E-state index contributed by atoms with van der Waals surface area (Å²) in [6.07, 6.45) is -2.21. The summed E-state index contributed by atoms with van der Waals surface area (Å²) in [7, 11) is 0. The molecule has 0 atom stereocenters. The number of Topliss-reactive ketones (excluding diaryl/α,β-unsaturated/α-hetero) is 1. The van der Waals surface area contributed by atoms with Crippen molar-refractivity contribution in [3.8, 4) is 5.75 Å². The maximum Gasteiger partial charge on any atom is 0.263 e. The summed E-state index contributed by atoms with van der Waals surface area (Å²) in [5.74, 6) is 0.228. The highest BCUT2D eigenvalue weighted by Crippen LogP contribution is 2.29. The van der Waals surface area contributed by atoms with Crippen molar-refractivity contribution in [1.29, 1.82) is 0 Å². The molecule has 0 N–H and O–H groups in total. The summed E-state index contributed by atoms with van der Waals surface area (Å²) in [5, 5.41) is 0. The van der Waals surface area contributed by atoms with Gasteiger partial charge in [0.25, 0.3) is 6.43 Å². The lowest BCUT2D eigenvalue weighted by atomic mass is 10.0. The highest BCUT2D eigenvalue weighted by molar-refractivity contribution is 5.99. The van der Waals surface area contributed by atoms with Crippen LogP contribution in [0.2, 0.25) is 0 Å². The minimum atomic E-state index is -2.53. The van der Waals surface area contributed by atoms with Gasteiger partial charge in [0.05, 0.1) is 12.2 Å². The second-order valence-corrected chi connectivity index (χ2v) is 3.08. The van der Waals surface area contributed by atoms with E-state index < -0.39 is 6.43 Å². The zero-order valence-electron chi connectivity index (χ0n) is 7.30. The Kier molecular flexibility index (Phi) is 2.19. The van der Waals surface area contributed by atoms with E-state index >= 15 is 0 Å². The van der Waals surface area contributed by atoms with Crippen molar-refractivity contribution in [2.75, 3.05) is 6.61 Å². The van der Waals surface area contributed by atoms with Gasteiger partial charge in [0, 0.05) is 12.0 Å². The highest BCUT2D eigenvalue weighted by atomic mass is 19.3. The van der Waals surface area contributed by atoms with Crippen LogP contribution in [0.25, 0.3) is 0 Å². The molecule has 14 heavy (non-hydrogen) atoms. The molecule has 0 unspecified atom stereocenters. The minimum Gasteiger partial charge on any atom is -0.492 e. The quantitative estimate of drug-likeness (QED) is 0.693. The summed E-state index contributed by atoms with van der Waals surface area (Å²) in [6.45, 7) is 0.276. The first-order valence-electron chi connectivity index (χ1n) is 4.26. The molecule has 0 saturated carbocycles. The summed E-state index contributed by atoms with van der Waals surface area (Å²) in [6, 6.07) is 3.89. The van der Waals surface area contributed by atoms with Gasteiger partial charge in [0.1, 0.15) is 5.75 Å². The number of rotatable bonds is 1. The van der Waals surface area contributed by atoms with E-state index in [4.69, 9.17) is 4.74 Å². The van der Waals surface area contributed by atoms with Crippen LogP contribution in [-0.4, -0.2) is 12.4 Å². The number of ether oxygens (including phenoxy) is 1. The standard InChI is InChI=1S/C10H8F2O2/c11-10(12)6-1-2-7-8(13)3-4-14-9(7)5-6/h1-2,5,10H,3-4H2. The Morgan fingerprint density at radius 2 is 2.14 bits per heavy atom. The molecule has 0 fully saturated rings. The number of hydrogen-bond acceptors (Lipinski definition) is 2. The maximum absolute atomic E-state index is 12.3. The number of halogens is 2. The van der Waals surface area contributed by atoms with Crippen LogP contribution in [0.4, 0.5) is 8.78 Å². The topological polar surface area (TPSA) is 26.3 Å². The second-order valence-electron chi connectivity index (χ2n) is 3.08. The smallest absolute Gasteiger partial charge is 0.263 e. The molecule has 2 rings (SSSR count).